The van der Waals surface area contributed by atoms with Crippen LogP contribution in [0.4, 0.5) is 11.6 Å². The zero-order valence-corrected chi connectivity index (χ0v) is 4.59. The fourth-order valence-corrected chi connectivity index (χ4v) is 0.471. The molecule has 0 saturated heterocycles. The highest BCUT2D eigenvalue weighted by Gasteiger charge is 1.92. The van der Waals surface area contributed by atoms with Crippen molar-refractivity contribution in [1.82, 2.24) is 10.2 Å². The number of hydrogen-bond acceptors (Lipinski definition) is 3. The molecule has 0 unspecified atom stereocenters. The van der Waals surface area contributed by atoms with Crippen molar-refractivity contribution in [3.8, 4) is 0 Å². The van der Waals surface area contributed by atoms with Crippen LogP contribution in [0.1, 0.15) is 0 Å². The van der Waals surface area contributed by atoms with Crippen molar-refractivity contribution in [3.63, 3.8) is 0 Å². The van der Waals surface area contributed by atoms with E-state index in [1.165, 1.54) is 6.07 Å². The number of hydrogen-bond donors (Lipinski definition) is 3. The van der Waals surface area contributed by atoms with E-state index in [-0.39, 0.29) is 0 Å². The lowest BCUT2D eigenvalue weighted by Crippen LogP contribution is -1.92. The quantitative estimate of drug-likeness (QED) is 0.470. The van der Waals surface area contributed by atoms with Crippen molar-refractivity contribution in [1.29, 1.82) is 0 Å². The third-order valence-electron chi connectivity index (χ3n) is 0.804. The Bertz CT molecular complexity index is 206. The first-order valence-electron chi connectivity index (χ1n) is 2.34. The van der Waals surface area contributed by atoms with Crippen molar-refractivity contribution in [3.05, 3.63) is 6.07 Å². The Hall–Kier alpha value is -1.52. The molecule has 0 aliphatic carbocycles. The van der Waals surface area contributed by atoms with Gasteiger partial charge in [0.15, 0.2) is 5.82 Å². The lowest BCUT2D eigenvalue weighted by Gasteiger charge is -1.83. The minimum atomic E-state index is 0.430. The molecule has 0 spiro atoms. The number of aromatic amines is 1. The van der Waals surface area contributed by atoms with Crippen LogP contribution in [0.3, 0.4) is 0 Å². The van der Waals surface area contributed by atoms with E-state index in [9.17, 15) is 4.79 Å². The van der Waals surface area contributed by atoms with E-state index in [2.05, 4.69) is 15.5 Å². The molecule has 1 amide bonds. The van der Waals surface area contributed by atoms with E-state index in [0.29, 0.717) is 18.0 Å². The number of carbonyl (C=O) groups is 1. The van der Waals surface area contributed by atoms with Crippen molar-refractivity contribution < 1.29 is 4.79 Å². The maximum Gasteiger partial charge on any atom is 0.212 e. The summed E-state index contributed by atoms with van der Waals surface area (Å²) in [6.07, 6.45) is 0.537. The molecule has 9 heavy (non-hydrogen) atoms. The monoisotopic (exact) mass is 126 g/mol. The van der Waals surface area contributed by atoms with Gasteiger partial charge < -0.3 is 11.1 Å². The minimum absolute atomic E-state index is 0.430. The maximum absolute atomic E-state index is 9.78. The van der Waals surface area contributed by atoms with Gasteiger partial charge in [-0.1, -0.05) is 0 Å². The number of nitrogens with one attached hydrogen (secondary N) is 2. The summed E-state index contributed by atoms with van der Waals surface area (Å²) in [5.41, 5.74) is 5.23. The van der Waals surface area contributed by atoms with Crippen LogP contribution in [-0.4, -0.2) is 16.6 Å². The van der Waals surface area contributed by atoms with Crippen LogP contribution in [0.2, 0.25) is 0 Å². The molecular weight excluding hydrogens is 120 g/mol. The second-order valence-corrected chi connectivity index (χ2v) is 1.47. The first kappa shape index (κ1) is 5.61. The topological polar surface area (TPSA) is 83.8 Å². The lowest BCUT2D eigenvalue weighted by atomic mass is 10.6. The molecule has 1 rings (SSSR count). The number of aromatic nitrogens is 2. The fourth-order valence-electron chi connectivity index (χ4n) is 0.471. The van der Waals surface area contributed by atoms with Crippen molar-refractivity contribution in [2.45, 2.75) is 0 Å². The van der Waals surface area contributed by atoms with Gasteiger partial charge in [-0.3, -0.25) is 9.89 Å². The number of carbonyl (C=O) groups excluding carboxylic acids is 1. The molecule has 4 N–H and O–H groups in total. The number of anilines is 2. The minimum Gasteiger partial charge on any atom is -0.384 e. The lowest BCUT2D eigenvalue weighted by molar-refractivity contribution is -0.105. The van der Waals surface area contributed by atoms with Gasteiger partial charge in [0, 0.05) is 6.07 Å². The van der Waals surface area contributed by atoms with Gasteiger partial charge in [-0.25, -0.2) is 0 Å². The molecule has 0 radical (unpaired) electrons. The summed E-state index contributed by atoms with van der Waals surface area (Å²) >= 11 is 0. The van der Waals surface area contributed by atoms with E-state index in [4.69, 9.17) is 5.73 Å². The highest BCUT2D eigenvalue weighted by Crippen LogP contribution is 2.03. The van der Waals surface area contributed by atoms with Gasteiger partial charge in [-0.15, -0.1) is 0 Å². The Labute approximate surface area is 51.2 Å². The van der Waals surface area contributed by atoms with Gasteiger partial charge in [-0.2, -0.15) is 5.10 Å². The van der Waals surface area contributed by atoms with E-state index >= 15 is 0 Å². The predicted molar refractivity (Wildman–Crippen MR) is 32.7 cm³/mol. The van der Waals surface area contributed by atoms with Gasteiger partial charge in [0.1, 0.15) is 5.82 Å². The normalized spacial score (nSPS) is 8.89. The van der Waals surface area contributed by atoms with Crippen LogP contribution in [0, 0.1) is 0 Å². The first-order valence-corrected chi connectivity index (χ1v) is 2.34. The van der Waals surface area contributed by atoms with E-state index in [1.54, 1.807) is 0 Å². The van der Waals surface area contributed by atoms with Crippen molar-refractivity contribution >= 4 is 18.0 Å². The van der Waals surface area contributed by atoms with Crippen LogP contribution in [0.15, 0.2) is 6.07 Å². The summed E-state index contributed by atoms with van der Waals surface area (Å²) in [4.78, 5) is 9.78. The SMILES string of the molecule is Nc1cc(NC=O)n[nH]1. The van der Waals surface area contributed by atoms with Crippen LogP contribution >= 0.6 is 0 Å². The Balaban J connectivity index is 2.72. The zero-order valence-electron chi connectivity index (χ0n) is 4.59. The van der Waals surface area contributed by atoms with Crippen LogP contribution < -0.4 is 11.1 Å². The molecule has 5 heteroatoms. The third-order valence-corrected chi connectivity index (χ3v) is 0.804. The number of nitrogens with two attached hydrogens (primary N) is 1. The average Bonchev–Trinajstić information content (AvgIpc) is 2.17. The number of H-pyrrole nitrogens is 1. The van der Waals surface area contributed by atoms with Gasteiger partial charge in [0.25, 0.3) is 0 Å². The Kier molecular flexibility index (Phi) is 1.35. The smallest absolute Gasteiger partial charge is 0.212 e. The number of amides is 1. The van der Waals surface area contributed by atoms with Gasteiger partial charge in [0.2, 0.25) is 6.41 Å². The number of nitrogen functional groups attached to an aromatic ring is 1. The molecule has 0 fully saturated rings. The summed E-state index contributed by atoms with van der Waals surface area (Å²) in [6.45, 7) is 0. The second-order valence-electron chi connectivity index (χ2n) is 1.47. The van der Waals surface area contributed by atoms with Crippen molar-refractivity contribution in [2.24, 2.45) is 0 Å². The summed E-state index contributed by atoms with van der Waals surface area (Å²) in [5.74, 6) is 0.863. The van der Waals surface area contributed by atoms with Gasteiger partial charge in [-0.05, 0) is 0 Å². The summed E-state index contributed by atoms with van der Waals surface area (Å²) in [7, 11) is 0. The molecular formula is C4H6N4O. The van der Waals surface area contributed by atoms with Gasteiger partial charge in [0.05, 0.1) is 0 Å². The second kappa shape index (κ2) is 2.17. The number of nitrogens with zero attached hydrogens (tertiary/aromatic N) is 1. The molecule has 1 heterocycles. The average molecular weight is 126 g/mol. The molecule has 0 bridgehead atoms. The molecule has 0 aliphatic heterocycles. The van der Waals surface area contributed by atoms with E-state index in [0.717, 1.165) is 0 Å². The van der Waals surface area contributed by atoms with E-state index in [1.807, 2.05) is 0 Å². The number of rotatable bonds is 2. The summed E-state index contributed by atoms with van der Waals surface area (Å²) in [5, 5.41) is 8.40. The Morgan fingerprint density at radius 2 is 2.67 bits per heavy atom. The largest absolute Gasteiger partial charge is 0.384 e. The molecule has 48 valence electrons. The molecule has 1 aromatic rings. The third kappa shape index (κ3) is 1.18. The van der Waals surface area contributed by atoms with Crippen LogP contribution in [-0.2, 0) is 4.79 Å². The molecule has 0 aromatic carbocycles. The molecule has 1 aromatic heterocycles. The Morgan fingerprint density at radius 1 is 1.89 bits per heavy atom. The van der Waals surface area contributed by atoms with Crippen molar-refractivity contribution in [2.75, 3.05) is 11.1 Å². The summed E-state index contributed by atoms with van der Waals surface area (Å²) in [6, 6.07) is 1.52. The predicted octanol–water partition coefficient (Wildman–Crippen LogP) is -0.440. The Morgan fingerprint density at radius 3 is 3.11 bits per heavy atom. The van der Waals surface area contributed by atoms with Crippen LogP contribution in [0.25, 0.3) is 0 Å². The highest BCUT2D eigenvalue weighted by atomic mass is 16.1. The zero-order chi connectivity index (χ0) is 6.69. The standard InChI is InChI=1S/C4H6N4O/c5-3-1-4(6-2-9)8-7-3/h1-2H,(H4,5,6,7,8,9). The maximum atomic E-state index is 9.78. The fraction of sp³-hybridized carbons (Fsp3) is 0. The highest BCUT2D eigenvalue weighted by molar-refractivity contribution is 5.69. The van der Waals surface area contributed by atoms with Crippen LogP contribution in [0.5, 0.6) is 0 Å². The van der Waals surface area contributed by atoms with E-state index < -0.39 is 0 Å². The molecule has 0 aliphatic rings. The molecule has 5 nitrogen and oxygen atoms in total. The molecule has 0 atom stereocenters. The molecule has 0 saturated carbocycles. The first-order chi connectivity index (χ1) is 4.33. The van der Waals surface area contributed by atoms with Gasteiger partial charge >= 0.3 is 0 Å². The summed E-state index contributed by atoms with van der Waals surface area (Å²) < 4.78 is 0.